The van der Waals surface area contributed by atoms with Gasteiger partial charge in [-0.2, -0.15) is 0 Å². The normalized spacial score (nSPS) is 26.4. The van der Waals surface area contributed by atoms with E-state index in [4.69, 9.17) is 14.2 Å². The molecule has 54 heavy (non-hydrogen) atoms. The first-order chi connectivity index (χ1) is 26.3. The molecule has 0 aromatic heterocycles. The van der Waals surface area contributed by atoms with E-state index in [2.05, 4.69) is 18.5 Å². The number of allylic oxidation sites excluding steroid dienone is 1. The Labute approximate surface area is 318 Å². The molecule has 4 fully saturated rings. The number of carbonyl (C=O) groups is 4. The molecular weight excluding hydrogens is 686 g/mol. The monoisotopic (exact) mass is 741 g/mol. The van der Waals surface area contributed by atoms with Gasteiger partial charge in [0.05, 0.1) is 43.2 Å². The predicted molar refractivity (Wildman–Crippen MR) is 203 cm³/mol. The molecule has 290 valence electrons. The molecule has 2 N–H and O–H groups in total. The Kier molecular flexibility index (Phi) is 13.0. The largest absolute Gasteiger partial charge is 0.455 e. The summed E-state index contributed by atoms with van der Waals surface area (Å²) in [6.07, 6.45) is 8.52. The molecule has 3 heterocycles. The highest BCUT2D eigenvalue weighted by Gasteiger charge is 2.76. The van der Waals surface area contributed by atoms with Gasteiger partial charge in [0, 0.05) is 26.1 Å². The van der Waals surface area contributed by atoms with E-state index in [0.717, 1.165) is 37.7 Å². The predicted octanol–water partition coefficient (Wildman–Crippen LogP) is 4.69. The maximum absolute atomic E-state index is 15.1. The van der Waals surface area contributed by atoms with Gasteiger partial charge < -0.3 is 34.4 Å². The van der Waals surface area contributed by atoms with Crippen LogP contribution in [0.5, 0.6) is 0 Å². The zero-order valence-electron chi connectivity index (χ0n) is 31.4. The summed E-state index contributed by atoms with van der Waals surface area (Å²) < 4.78 is 18.7. The van der Waals surface area contributed by atoms with Crippen LogP contribution in [0.2, 0.25) is 0 Å². The second-order valence-electron chi connectivity index (χ2n) is 15.1. The van der Waals surface area contributed by atoms with Crippen LogP contribution in [-0.4, -0.2) is 101 Å². The smallest absolute Gasteiger partial charge is 0.313 e. The molecule has 6 rings (SSSR count). The van der Waals surface area contributed by atoms with Crippen molar-refractivity contribution in [1.82, 2.24) is 15.1 Å². The van der Waals surface area contributed by atoms with Gasteiger partial charge in [0.1, 0.15) is 17.7 Å². The summed E-state index contributed by atoms with van der Waals surface area (Å²) >= 11 is 0. The number of nitrogens with one attached hydrogen (secondary N) is 1. The number of hydrogen-bond donors (Lipinski definition) is 2. The third-order valence-electron chi connectivity index (χ3n) is 11.8. The number of benzene rings is 2. The number of hydrogen-bond acceptors (Lipinski definition) is 8. The number of ether oxygens (including phenoxy) is 3. The molecule has 1 aliphatic carbocycles. The molecule has 2 bridgehead atoms. The van der Waals surface area contributed by atoms with E-state index < -0.39 is 59.6 Å². The van der Waals surface area contributed by atoms with Gasteiger partial charge in [-0.05, 0) is 49.7 Å². The number of rotatable bonds is 18. The minimum atomic E-state index is -1.28. The molecule has 11 nitrogen and oxygen atoms in total. The zero-order valence-corrected chi connectivity index (χ0v) is 31.4. The lowest BCUT2D eigenvalue weighted by Crippen LogP contribution is -2.60. The molecule has 1 saturated carbocycles. The Balaban J connectivity index is 1.36. The fraction of sp³-hybridized carbons (Fsp3) is 0.535. The molecule has 0 radical (unpaired) electrons. The summed E-state index contributed by atoms with van der Waals surface area (Å²) in [7, 11) is 1.51. The van der Waals surface area contributed by atoms with Gasteiger partial charge in [0.2, 0.25) is 17.7 Å². The summed E-state index contributed by atoms with van der Waals surface area (Å²) in [5.74, 6) is -3.51. The van der Waals surface area contributed by atoms with Crippen LogP contribution in [0, 0.1) is 11.8 Å². The standard InChI is InChI=1S/C43H55N3O8/c1-4-6-22-35(48)44-33(28-52-3)38(30-18-12-8-13-19-30)53-42(51)36-34-23-24-43(54-34)37(36)40(49)46(32(27-47)26-29-16-10-7-11-17-29)39(43)41(50)45(25-5-2)31-20-14-9-15-21-31/h4-5,7-8,10-13,16-19,31-34,36-39,47H,1-2,6,9,14-15,20-28H2,3H3,(H,44,48)/t32-,33+,34+,36-,37-,38+,39+,43-/m1/s1. The van der Waals surface area contributed by atoms with E-state index in [1.807, 2.05) is 65.6 Å². The molecular formula is C43H55N3O8. The average Bonchev–Trinajstić information content (AvgIpc) is 3.85. The second kappa shape index (κ2) is 17.9. The summed E-state index contributed by atoms with van der Waals surface area (Å²) in [5, 5.41) is 13.9. The summed E-state index contributed by atoms with van der Waals surface area (Å²) in [5.41, 5.74) is 0.277. The Morgan fingerprint density at radius 2 is 1.74 bits per heavy atom. The molecule has 0 unspecified atom stereocenters. The number of esters is 1. The van der Waals surface area contributed by atoms with Crippen LogP contribution in [-0.2, 0) is 39.8 Å². The van der Waals surface area contributed by atoms with E-state index in [1.54, 1.807) is 17.1 Å². The van der Waals surface area contributed by atoms with Gasteiger partial charge in [0.15, 0.2) is 0 Å². The van der Waals surface area contributed by atoms with Crippen molar-refractivity contribution in [3.8, 4) is 0 Å². The maximum atomic E-state index is 15.1. The van der Waals surface area contributed by atoms with Crippen molar-refractivity contribution in [3.63, 3.8) is 0 Å². The molecule has 3 saturated heterocycles. The van der Waals surface area contributed by atoms with Crippen molar-refractivity contribution in [1.29, 1.82) is 0 Å². The van der Waals surface area contributed by atoms with Crippen molar-refractivity contribution < 1.29 is 38.5 Å². The van der Waals surface area contributed by atoms with E-state index in [-0.39, 0.29) is 37.5 Å². The number of amides is 3. The SMILES string of the molecule is C=CCCC(=O)N[C@@H](COC)[C@@H](OC(=O)[C@@H]1[C@@H]2CC[C@]3(O2)[C@H](C(=O)N(CC=C)C2CCCCC2)N([C@@H](CO)Cc2ccccc2)C(=O)[C@@H]13)c1ccccc1. The van der Waals surface area contributed by atoms with Crippen LogP contribution < -0.4 is 5.32 Å². The number of carbonyl (C=O) groups excluding carboxylic acids is 4. The number of aliphatic hydroxyl groups is 1. The zero-order chi connectivity index (χ0) is 38.2. The lowest BCUT2D eigenvalue weighted by Gasteiger charge is -2.42. The first kappa shape index (κ1) is 39.4. The fourth-order valence-electron chi connectivity index (χ4n) is 9.40. The molecule has 8 atom stereocenters. The Morgan fingerprint density at radius 1 is 1.04 bits per heavy atom. The van der Waals surface area contributed by atoms with Crippen LogP contribution >= 0.6 is 0 Å². The third kappa shape index (κ3) is 7.90. The maximum Gasteiger partial charge on any atom is 0.313 e. The van der Waals surface area contributed by atoms with E-state index in [9.17, 15) is 14.7 Å². The second-order valence-corrected chi connectivity index (χ2v) is 15.1. The lowest BCUT2D eigenvalue weighted by molar-refractivity contribution is -0.163. The molecule has 1 spiro atoms. The van der Waals surface area contributed by atoms with E-state index in [0.29, 0.717) is 37.8 Å². The fourth-order valence-corrected chi connectivity index (χ4v) is 9.40. The first-order valence-electron chi connectivity index (χ1n) is 19.5. The first-order valence-corrected chi connectivity index (χ1v) is 19.5. The van der Waals surface area contributed by atoms with Gasteiger partial charge in [-0.25, -0.2) is 0 Å². The summed E-state index contributed by atoms with van der Waals surface area (Å²) in [4.78, 5) is 61.2. The highest BCUT2D eigenvalue weighted by Crippen LogP contribution is 2.59. The molecule has 2 aromatic carbocycles. The number of fused-ring (bicyclic) bond motifs is 1. The van der Waals surface area contributed by atoms with E-state index in [1.165, 1.54) is 7.11 Å². The van der Waals surface area contributed by atoms with Crippen molar-refractivity contribution in [2.45, 2.75) is 106 Å². The highest BCUT2D eigenvalue weighted by molar-refractivity contribution is 5.98. The van der Waals surface area contributed by atoms with Crippen molar-refractivity contribution >= 4 is 23.7 Å². The van der Waals surface area contributed by atoms with Crippen LogP contribution in [0.15, 0.2) is 86.0 Å². The van der Waals surface area contributed by atoms with Crippen LogP contribution in [0.25, 0.3) is 0 Å². The third-order valence-corrected chi connectivity index (χ3v) is 11.8. The van der Waals surface area contributed by atoms with Crippen LogP contribution in [0.1, 0.15) is 75.0 Å². The molecule has 4 aliphatic rings. The van der Waals surface area contributed by atoms with Gasteiger partial charge in [-0.1, -0.05) is 92.1 Å². The number of nitrogens with zero attached hydrogens (tertiary/aromatic N) is 2. The molecule has 11 heteroatoms. The van der Waals surface area contributed by atoms with Crippen molar-refractivity contribution in [3.05, 3.63) is 97.1 Å². The minimum Gasteiger partial charge on any atom is -0.455 e. The molecule has 3 aliphatic heterocycles. The number of aliphatic hydroxyl groups excluding tert-OH is 1. The van der Waals surface area contributed by atoms with Crippen molar-refractivity contribution in [2.75, 3.05) is 26.9 Å². The van der Waals surface area contributed by atoms with Crippen LogP contribution in [0.4, 0.5) is 0 Å². The molecule has 2 aromatic rings. The lowest BCUT2D eigenvalue weighted by atomic mass is 9.70. The van der Waals surface area contributed by atoms with Gasteiger partial charge in [-0.15, -0.1) is 13.2 Å². The van der Waals surface area contributed by atoms with Crippen molar-refractivity contribution in [2.24, 2.45) is 11.8 Å². The quantitative estimate of drug-likeness (QED) is 0.166. The number of likely N-dealkylation sites (tertiary alicyclic amines) is 1. The van der Waals surface area contributed by atoms with E-state index >= 15 is 9.59 Å². The number of methoxy groups -OCH3 is 1. The van der Waals surface area contributed by atoms with Gasteiger partial charge in [-0.3, -0.25) is 19.2 Å². The van der Waals surface area contributed by atoms with Gasteiger partial charge in [0.25, 0.3) is 0 Å². The van der Waals surface area contributed by atoms with Crippen LogP contribution in [0.3, 0.4) is 0 Å². The summed E-state index contributed by atoms with van der Waals surface area (Å²) in [6.45, 7) is 7.67. The highest BCUT2D eigenvalue weighted by atomic mass is 16.6. The molecule has 3 amide bonds. The summed E-state index contributed by atoms with van der Waals surface area (Å²) in [6, 6.07) is 16.2. The Morgan fingerprint density at radius 3 is 2.39 bits per heavy atom. The topological polar surface area (TPSA) is 135 Å². The Hall–Kier alpha value is -4.32. The Bertz CT molecular complexity index is 1630. The van der Waals surface area contributed by atoms with Gasteiger partial charge >= 0.3 is 5.97 Å². The minimum absolute atomic E-state index is 0.0104. The average molecular weight is 742 g/mol.